The number of nitrogens with one attached hydrogen (secondary N) is 1. The zero-order valence-electron chi connectivity index (χ0n) is 16.1. The lowest BCUT2D eigenvalue weighted by Gasteiger charge is -2.09. The Labute approximate surface area is 172 Å². The molecule has 0 saturated carbocycles. The molecule has 0 atom stereocenters. The summed E-state index contributed by atoms with van der Waals surface area (Å²) < 4.78 is 14.8. The van der Waals surface area contributed by atoms with E-state index in [2.05, 4.69) is 15.4 Å². The van der Waals surface area contributed by atoms with Crippen LogP contribution in [-0.2, 0) is 0 Å². The van der Waals surface area contributed by atoms with Crippen molar-refractivity contribution >= 4 is 34.2 Å². The number of aryl methyl sites for hydroxylation is 3. The lowest BCUT2D eigenvalue weighted by Crippen LogP contribution is -2.13. The minimum absolute atomic E-state index is 0.263. The quantitative estimate of drug-likeness (QED) is 0.494. The molecule has 0 aliphatic carbocycles. The van der Waals surface area contributed by atoms with Gasteiger partial charge in [-0.05, 0) is 68.3 Å². The van der Waals surface area contributed by atoms with Crippen LogP contribution in [0.1, 0.15) is 27.2 Å². The first-order valence-electron chi connectivity index (χ1n) is 9.03. The number of carbonyl (C=O) groups is 1. The van der Waals surface area contributed by atoms with E-state index in [4.69, 9.17) is 11.6 Å². The van der Waals surface area contributed by atoms with Crippen LogP contribution in [0.4, 0.5) is 10.1 Å². The zero-order valence-corrected chi connectivity index (χ0v) is 16.9. The second kappa shape index (κ2) is 7.29. The SMILES string of the molecule is Cc1ccc(NC(=O)c2cnc3c(c(C)nn3-c3ccc(F)cc3)c2Cl)cc1C. The number of fused-ring (bicyclic) bond motifs is 1. The number of anilines is 1. The Morgan fingerprint density at radius 1 is 1.07 bits per heavy atom. The summed E-state index contributed by atoms with van der Waals surface area (Å²) in [6.07, 6.45) is 1.43. The van der Waals surface area contributed by atoms with Gasteiger partial charge >= 0.3 is 0 Å². The normalized spacial score (nSPS) is 11.1. The van der Waals surface area contributed by atoms with Crippen LogP contribution in [0, 0.1) is 26.6 Å². The Morgan fingerprint density at radius 3 is 2.48 bits per heavy atom. The molecule has 5 nitrogen and oxygen atoms in total. The van der Waals surface area contributed by atoms with E-state index in [-0.39, 0.29) is 22.3 Å². The number of carbonyl (C=O) groups excluding carboxylic acids is 1. The number of halogens is 2. The van der Waals surface area contributed by atoms with Crippen molar-refractivity contribution in [2.45, 2.75) is 20.8 Å². The lowest BCUT2D eigenvalue weighted by molar-refractivity contribution is 0.102. The number of benzene rings is 2. The molecule has 4 rings (SSSR count). The van der Waals surface area contributed by atoms with Crippen LogP contribution in [0.15, 0.2) is 48.7 Å². The Morgan fingerprint density at radius 2 is 1.79 bits per heavy atom. The van der Waals surface area contributed by atoms with Crippen molar-refractivity contribution in [1.29, 1.82) is 0 Å². The molecule has 146 valence electrons. The molecule has 0 aliphatic rings. The van der Waals surface area contributed by atoms with Crippen LogP contribution in [-0.4, -0.2) is 20.7 Å². The van der Waals surface area contributed by atoms with Crippen molar-refractivity contribution in [2.75, 3.05) is 5.32 Å². The molecule has 29 heavy (non-hydrogen) atoms. The maximum Gasteiger partial charge on any atom is 0.258 e. The molecule has 7 heteroatoms. The maximum absolute atomic E-state index is 13.2. The van der Waals surface area contributed by atoms with Gasteiger partial charge in [0.1, 0.15) is 5.82 Å². The van der Waals surface area contributed by atoms with Crippen molar-refractivity contribution in [2.24, 2.45) is 0 Å². The smallest absolute Gasteiger partial charge is 0.258 e. The summed E-state index contributed by atoms with van der Waals surface area (Å²) in [5.74, 6) is -0.681. The van der Waals surface area contributed by atoms with E-state index in [0.717, 1.165) is 11.1 Å². The van der Waals surface area contributed by atoms with Gasteiger partial charge in [-0.3, -0.25) is 4.79 Å². The topological polar surface area (TPSA) is 59.8 Å². The number of rotatable bonds is 3. The van der Waals surface area contributed by atoms with Crippen LogP contribution in [0.5, 0.6) is 0 Å². The molecular weight excluding hydrogens is 391 g/mol. The lowest BCUT2D eigenvalue weighted by atomic mass is 10.1. The molecule has 0 fully saturated rings. The van der Waals surface area contributed by atoms with Gasteiger partial charge in [-0.15, -0.1) is 0 Å². The third-order valence-electron chi connectivity index (χ3n) is 4.89. The Bertz CT molecular complexity index is 1250. The van der Waals surface area contributed by atoms with E-state index in [1.807, 2.05) is 32.0 Å². The Kier molecular flexibility index (Phi) is 4.80. The van der Waals surface area contributed by atoms with E-state index in [1.54, 1.807) is 23.7 Å². The average Bonchev–Trinajstić information content (AvgIpc) is 3.03. The van der Waals surface area contributed by atoms with Gasteiger partial charge in [0.25, 0.3) is 5.91 Å². The molecular formula is C22H18ClFN4O. The summed E-state index contributed by atoms with van der Waals surface area (Å²) in [4.78, 5) is 17.2. The van der Waals surface area contributed by atoms with Gasteiger partial charge in [-0.25, -0.2) is 14.1 Å². The van der Waals surface area contributed by atoms with E-state index in [1.165, 1.54) is 18.3 Å². The van der Waals surface area contributed by atoms with Gasteiger partial charge in [0, 0.05) is 11.9 Å². The predicted molar refractivity (Wildman–Crippen MR) is 112 cm³/mol. The highest BCUT2D eigenvalue weighted by molar-refractivity contribution is 6.39. The molecule has 0 aliphatic heterocycles. The average molecular weight is 409 g/mol. The van der Waals surface area contributed by atoms with E-state index < -0.39 is 0 Å². The summed E-state index contributed by atoms with van der Waals surface area (Å²) in [5.41, 5.74) is 4.96. The number of aromatic nitrogens is 3. The standard InChI is InChI=1S/C22H18ClFN4O/c1-12-4-7-16(10-13(12)2)26-22(29)18-11-25-21-19(20(18)23)14(3)27-28(21)17-8-5-15(24)6-9-17/h4-11H,1-3H3,(H,26,29). The number of amides is 1. The summed E-state index contributed by atoms with van der Waals surface area (Å²) >= 11 is 6.58. The van der Waals surface area contributed by atoms with Crippen molar-refractivity contribution in [1.82, 2.24) is 14.8 Å². The van der Waals surface area contributed by atoms with Gasteiger partial charge < -0.3 is 5.32 Å². The number of hydrogen-bond donors (Lipinski definition) is 1. The van der Waals surface area contributed by atoms with Crippen LogP contribution in [0.3, 0.4) is 0 Å². The molecule has 2 aromatic heterocycles. The number of hydrogen-bond acceptors (Lipinski definition) is 3. The molecule has 0 spiro atoms. The molecule has 1 N–H and O–H groups in total. The predicted octanol–water partition coefficient (Wildman–Crippen LogP) is 5.39. The molecule has 0 unspecified atom stereocenters. The minimum atomic E-state index is -0.346. The first-order chi connectivity index (χ1) is 13.8. The van der Waals surface area contributed by atoms with Gasteiger partial charge in [0.05, 0.1) is 27.4 Å². The zero-order chi connectivity index (χ0) is 20.7. The first-order valence-corrected chi connectivity index (χ1v) is 9.41. The summed E-state index contributed by atoms with van der Waals surface area (Å²) in [5, 5.41) is 8.20. The molecule has 4 aromatic rings. The highest BCUT2D eigenvalue weighted by atomic mass is 35.5. The van der Waals surface area contributed by atoms with Gasteiger partial charge in [0.2, 0.25) is 0 Å². The number of nitrogens with zero attached hydrogens (tertiary/aromatic N) is 3. The van der Waals surface area contributed by atoms with Crippen LogP contribution < -0.4 is 5.32 Å². The maximum atomic E-state index is 13.2. The molecule has 1 amide bonds. The van der Waals surface area contributed by atoms with Gasteiger partial charge in [-0.1, -0.05) is 17.7 Å². The van der Waals surface area contributed by atoms with E-state index >= 15 is 0 Å². The first kappa shape index (κ1) is 19.1. The molecule has 0 bridgehead atoms. The number of pyridine rings is 1. The Balaban J connectivity index is 1.74. The fourth-order valence-electron chi connectivity index (χ4n) is 3.15. The van der Waals surface area contributed by atoms with Crippen molar-refractivity contribution in [3.8, 4) is 5.69 Å². The van der Waals surface area contributed by atoms with Gasteiger partial charge in [0.15, 0.2) is 5.65 Å². The molecule has 0 radical (unpaired) electrons. The Hall–Kier alpha value is -3.25. The van der Waals surface area contributed by atoms with Crippen LogP contribution in [0.25, 0.3) is 16.7 Å². The summed E-state index contributed by atoms with van der Waals surface area (Å²) in [7, 11) is 0. The molecule has 0 saturated heterocycles. The second-order valence-corrected chi connectivity index (χ2v) is 7.29. The van der Waals surface area contributed by atoms with E-state index in [0.29, 0.717) is 28.1 Å². The fraction of sp³-hybridized carbons (Fsp3) is 0.136. The highest BCUT2D eigenvalue weighted by Gasteiger charge is 2.20. The van der Waals surface area contributed by atoms with Crippen molar-refractivity contribution < 1.29 is 9.18 Å². The third-order valence-corrected chi connectivity index (χ3v) is 5.28. The third kappa shape index (κ3) is 3.47. The fourth-order valence-corrected chi connectivity index (χ4v) is 3.50. The highest BCUT2D eigenvalue weighted by Crippen LogP contribution is 2.30. The summed E-state index contributed by atoms with van der Waals surface area (Å²) in [6.45, 7) is 5.79. The van der Waals surface area contributed by atoms with Crippen LogP contribution >= 0.6 is 11.6 Å². The molecule has 2 heterocycles. The van der Waals surface area contributed by atoms with Crippen LogP contribution in [0.2, 0.25) is 5.02 Å². The monoisotopic (exact) mass is 408 g/mol. The van der Waals surface area contributed by atoms with Gasteiger partial charge in [-0.2, -0.15) is 5.10 Å². The summed E-state index contributed by atoms with van der Waals surface area (Å²) in [6, 6.07) is 11.6. The van der Waals surface area contributed by atoms with Crippen molar-refractivity contribution in [3.63, 3.8) is 0 Å². The largest absolute Gasteiger partial charge is 0.322 e. The minimum Gasteiger partial charge on any atom is -0.322 e. The van der Waals surface area contributed by atoms with E-state index in [9.17, 15) is 9.18 Å². The second-order valence-electron chi connectivity index (χ2n) is 6.91. The van der Waals surface area contributed by atoms with Crippen molar-refractivity contribution in [3.05, 3.63) is 81.9 Å². The molecule has 2 aromatic carbocycles.